The van der Waals surface area contributed by atoms with Crippen LogP contribution in [0.1, 0.15) is 137 Å². The fourth-order valence-electron chi connectivity index (χ4n) is 3.86. The van der Waals surface area contributed by atoms with Gasteiger partial charge in [0.2, 0.25) is 0 Å². The normalized spacial score (nSPS) is 11.2. The molecule has 24 heavy (non-hydrogen) atoms. The summed E-state index contributed by atoms with van der Waals surface area (Å²) >= 11 is 0. The molecule has 0 aromatic rings. The predicted octanol–water partition coefficient (Wildman–Crippen LogP) is 9.49. The molecular formula is C24H50. The molecular weight excluding hydrogens is 288 g/mol. The van der Waals surface area contributed by atoms with Gasteiger partial charge in [0.05, 0.1) is 0 Å². The maximum Gasteiger partial charge on any atom is -0.0297 e. The molecule has 0 saturated heterocycles. The lowest BCUT2D eigenvalue weighted by atomic mass is 9.71. The molecule has 0 spiro atoms. The van der Waals surface area contributed by atoms with E-state index in [1.165, 1.54) is 109 Å². The summed E-state index contributed by atoms with van der Waals surface area (Å²) in [6.07, 6.45) is 24.7. The third-order valence-corrected chi connectivity index (χ3v) is 5.49. The largest absolute Gasteiger partial charge is 0.106 e. The van der Waals surface area contributed by atoms with E-state index >= 15 is 0 Å². The minimum atomic E-state index is 0.700. The lowest BCUT2D eigenvalue weighted by Crippen LogP contribution is -2.21. The van der Waals surface area contributed by atoms with Gasteiger partial charge in [0.25, 0.3) is 0 Å². The summed E-state index contributed by atoms with van der Waals surface area (Å²) in [5, 5.41) is 0. The quantitative estimate of drug-likeness (QED) is 0.183. The van der Waals surface area contributed by atoms with Crippen molar-refractivity contribution in [2.24, 2.45) is 5.41 Å². The Kier molecular flexibility index (Phi) is 22.5. The molecule has 0 fully saturated rings. The van der Waals surface area contributed by atoms with Crippen molar-refractivity contribution in [1.82, 2.24) is 0 Å². The first kappa shape index (κ1) is 26.0. The van der Waals surface area contributed by atoms with E-state index in [9.17, 15) is 0 Å². The molecule has 0 heteroatoms. The predicted molar refractivity (Wildman–Crippen MR) is 115 cm³/mol. The molecule has 0 atom stereocenters. The molecule has 0 unspecified atom stereocenters. The zero-order valence-electron chi connectivity index (χ0n) is 17.9. The zero-order valence-corrected chi connectivity index (χ0v) is 17.9. The summed E-state index contributed by atoms with van der Waals surface area (Å²) in [4.78, 5) is 0. The average Bonchev–Trinajstić information content (AvgIpc) is 2.63. The number of rotatable bonds is 17. The van der Waals surface area contributed by atoms with Crippen LogP contribution in [-0.2, 0) is 0 Å². The molecule has 0 amide bonds. The maximum absolute atomic E-state index is 3.00. The Labute approximate surface area is 155 Å². The highest BCUT2D eigenvalue weighted by molar-refractivity contribution is 4.79. The van der Waals surface area contributed by atoms with Crippen LogP contribution in [0.25, 0.3) is 0 Å². The fourth-order valence-corrected chi connectivity index (χ4v) is 3.86. The summed E-state index contributed by atoms with van der Waals surface area (Å²) in [6.45, 7) is 15.4. The second-order valence-corrected chi connectivity index (χ2v) is 7.68. The van der Waals surface area contributed by atoms with Crippen LogP contribution in [0, 0.1) is 5.41 Å². The van der Waals surface area contributed by atoms with Crippen LogP contribution in [0.3, 0.4) is 0 Å². The first-order valence-corrected chi connectivity index (χ1v) is 11.2. The Balaban J connectivity index is 0. The van der Waals surface area contributed by atoms with Crippen molar-refractivity contribution in [2.45, 2.75) is 137 Å². The summed E-state index contributed by atoms with van der Waals surface area (Å²) in [7, 11) is 0. The van der Waals surface area contributed by atoms with E-state index < -0.39 is 0 Å². The van der Waals surface area contributed by atoms with Crippen molar-refractivity contribution in [3.8, 4) is 0 Å². The number of unbranched alkanes of at least 4 members (excludes halogenated alkanes) is 9. The lowest BCUT2D eigenvalue weighted by molar-refractivity contribution is 0.175. The monoisotopic (exact) mass is 338 g/mol. The highest BCUT2D eigenvalue weighted by Crippen LogP contribution is 2.41. The van der Waals surface area contributed by atoms with Gasteiger partial charge in [0.1, 0.15) is 0 Å². The van der Waals surface area contributed by atoms with Crippen LogP contribution >= 0.6 is 0 Å². The maximum atomic E-state index is 3.00. The van der Waals surface area contributed by atoms with Gasteiger partial charge in [0.15, 0.2) is 0 Å². The highest BCUT2D eigenvalue weighted by Gasteiger charge is 2.27. The third-order valence-electron chi connectivity index (χ3n) is 5.49. The van der Waals surface area contributed by atoms with Crippen molar-refractivity contribution < 1.29 is 0 Å². The molecule has 0 aromatic heterocycles. The molecule has 0 nitrogen and oxygen atoms in total. The van der Waals surface area contributed by atoms with Crippen LogP contribution in [0.2, 0.25) is 0 Å². The Morgan fingerprint density at radius 1 is 0.417 bits per heavy atom. The Hall–Kier alpha value is -0.260. The first-order chi connectivity index (χ1) is 11.7. The summed E-state index contributed by atoms with van der Waals surface area (Å²) in [5.41, 5.74) is 0.700. The van der Waals surface area contributed by atoms with E-state index in [-0.39, 0.29) is 0 Å². The second kappa shape index (κ2) is 20.8. The molecule has 0 N–H and O–H groups in total. The van der Waals surface area contributed by atoms with E-state index in [0.717, 1.165) is 0 Å². The van der Waals surface area contributed by atoms with Gasteiger partial charge >= 0.3 is 0 Å². The molecule has 0 rings (SSSR count). The van der Waals surface area contributed by atoms with Crippen molar-refractivity contribution >= 4 is 0 Å². The van der Waals surface area contributed by atoms with Gasteiger partial charge in [-0.05, 0) is 31.1 Å². The molecule has 146 valence electrons. The van der Waals surface area contributed by atoms with Gasteiger partial charge in [-0.25, -0.2) is 0 Å². The van der Waals surface area contributed by atoms with Crippen molar-refractivity contribution in [3.63, 3.8) is 0 Å². The standard InChI is InChI=1S/C22H46.C2H4/c1-5-9-13-14-15-16-17-21-22(18-10-6-2,19-11-7-3)20-12-8-4;1-2/h5-21H2,1-4H3;1-2H2. The summed E-state index contributed by atoms with van der Waals surface area (Å²) in [5.74, 6) is 0. The van der Waals surface area contributed by atoms with Crippen LogP contribution in [0.4, 0.5) is 0 Å². The molecule has 0 aliphatic heterocycles. The third kappa shape index (κ3) is 15.3. The van der Waals surface area contributed by atoms with Gasteiger partial charge in [-0.15, -0.1) is 13.2 Å². The minimum Gasteiger partial charge on any atom is -0.106 e. The van der Waals surface area contributed by atoms with Gasteiger partial charge < -0.3 is 0 Å². The van der Waals surface area contributed by atoms with E-state index in [1.54, 1.807) is 0 Å². The Bertz CT molecular complexity index is 196. The summed E-state index contributed by atoms with van der Waals surface area (Å²) in [6, 6.07) is 0. The van der Waals surface area contributed by atoms with Crippen molar-refractivity contribution in [3.05, 3.63) is 13.2 Å². The van der Waals surface area contributed by atoms with Crippen LogP contribution in [0.5, 0.6) is 0 Å². The van der Waals surface area contributed by atoms with Gasteiger partial charge in [-0.2, -0.15) is 0 Å². The van der Waals surface area contributed by atoms with Crippen LogP contribution < -0.4 is 0 Å². The molecule has 0 radical (unpaired) electrons. The smallest absolute Gasteiger partial charge is 0.0297 e. The molecule has 0 bridgehead atoms. The number of hydrogen-bond acceptors (Lipinski definition) is 0. The molecule has 0 saturated carbocycles. The Morgan fingerprint density at radius 3 is 1.08 bits per heavy atom. The minimum absolute atomic E-state index is 0.700. The Morgan fingerprint density at radius 2 is 0.708 bits per heavy atom. The van der Waals surface area contributed by atoms with E-state index in [4.69, 9.17) is 0 Å². The highest BCUT2D eigenvalue weighted by atomic mass is 14.3. The van der Waals surface area contributed by atoms with Crippen LogP contribution in [0.15, 0.2) is 13.2 Å². The molecule has 0 aliphatic rings. The van der Waals surface area contributed by atoms with E-state index in [1.807, 2.05) is 0 Å². The van der Waals surface area contributed by atoms with Crippen molar-refractivity contribution in [2.75, 3.05) is 0 Å². The average molecular weight is 339 g/mol. The van der Waals surface area contributed by atoms with Crippen molar-refractivity contribution in [1.29, 1.82) is 0 Å². The summed E-state index contributed by atoms with van der Waals surface area (Å²) < 4.78 is 0. The van der Waals surface area contributed by atoms with Gasteiger partial charge in [0, 0.05) is 0 Å². The first-order valence-electron chi connectivity index (χ1n) is 11.2. The van der Waals surface area contributed by atoms with E-state index in [2.05, 4.69) is 40.9 Å². The van der Waals surface area contributed by atoms with Crippen LogP contribution in [-0.4, -0.2) is 0 Å². The SMILES string of the molecule is C=C.CCCCCCCCCC(CCCC)(CCCC)CCCC. The van der Waals surface area contributed by atoms with E-state index in [0.29, 0.717) is 5.41 Å². The fraction of sp³-hybridized carbons (Fsp3) is 0.917. The lowest BCUT2D eigenvalue weighted by Gasteiger charge is -2.35. The van der Waals surface area contributed by atoms with Gasteiger partial charge in [-0.1, -0.05) is 111 Å². The molecule has 0 aliphatic carbocycles. The molecule has 0 aromatic carbocycles. The number of hydrogen-bond donors (Lipinski definition) is 0. The molecule has 0 heterocycles. The second-order valence-electron chi connectivity index (χ2n) is 7.68. The van der Waals surface area contributed by atoms with Gasteiger partial charge in [-0.3, -0.25) is 0 Å². The topological polar surface area (TPSA) is 0 Å². The zero-order chi connectivity index (χ0) is 18.5.